The molecule has 0 N–H and O–H groups in total. The summed E-state index contributed by atoms with van der Waals surface area (Å²) in [6.45, 7) is 1.78. The summed E-state index contributed by atoms with van der Waals surface area (Å²) in [5, 5.41) is 10.8. The predicted octanol–water partition coefficient (Wildman–Crippen LogP) is 3.49. The van der Waals surface area contributed by atoms with E-state index in [0.29, 0.717) is 17.1 Å². The number of hydrogen-bond acceptors (Lipinski definition) is 6. The van der Waals surface area contributed by atoms with Crippen molar-refractivity contribution in [2.45, 2.75) is 6.92 Å². The van der Waals surface area contributed by atoms with Gasteiger partial charge in [0.2, 0.25) is 5.90 Å². The molecule has 116 valence electrons. The van der Waals surface area contributed by atoms with E-state index in [1.165, 1.54) is 24.3 Å². The molecule has 0 bridgehead atoms. The maximum absolute atomic E-state index is 11.9. The highest BCUT2D eigenvalue weighted by Crippen LogP contribution is 2.27. The number of carbonyl (C=O) groups is 1. The van der Waals surface area contributed by atoms with Gasteiger partial charge in [0.15, 0.2) is 5.70 Å². The van der Waals surface area contributed by atoms with Gasteiger partial charge in [0.25, 0.3) is 5.69 Å². The average molecular weight is 333 g/mol. The molecular formula is C15H9ClN2O5. The van der Waals surface area contributed by atoms with Crippen LogP contribution in [-0.2, 0) is 9.53 Å². The second kappa shape index (κ2) is 5.69. The van der Waals surface area contributed by atoms with Crippen LogP contribution < -0.4 is 0 Å². The van der Waals surface area contributed by atoms with Crippen LogP contribution in [0.5, 0.6) is 0 Å². The van der Waals surface area contributed by atoms with Gasteiger partial charge in [-0.2, -0.15) is 0 Å². The van der Waals surface area contributed by atoms with Crippen molar-refractivity contribution >= 4 is 35.2 Å². The number of carbonyl (C=O) groups excluding carboxylic acids is 1. The number of esters is 1. The Balaban J connectivity index is 1.95. The zero-order chi connectivity index (χ0) is 16.6. The highest BCUT2D eigenvalue weighted by atomic mass is 35.5. The predicted molar refractivity (Wildman–Crippen MR) is 82.2 cm³/mol. The van der Waals surface area contributed by atoms with Crippen molar-refractivity contribution in [2.24, 2.45) is 4.99 Å². The number of hydrogen-bond donors (Lipinski definition) is 0. The van der Waals surface area contributed by atoms with Crippen molar-refractivity contribution in [3.05, 3.63) is 68.2 Å². The van der Waals surface area contributed by atoms with E-state index in [-0.39, 0.29) is 22.3 Å². The van der Waals surface area contributed by atoms with Crippen LogP contribution in [0.15, 0.2) is 45.4 Å². The molecule has 2 heterocycles. The molecule has 3 rings (SSSR count). The first-order valence-electron chi connectivity index (χ1n) is 6.47. The minimum atomic E-state index is -0.650. The molecule has 23 heavy (non-hydrogen) atoms. The van der Waals surface area contributed by atoms with Crippen LogP contribution in [0.25, 0.3) is 6.08 Å². The maximum atomic E-state index is 11.9. The van der Waals surface area contributed by atoms with Crippen molar-refractivity contribution in [3.63, 3.8) is 0 Å². The lowest BCUT2D eigenvalue weighted by atomic mass is 10.2. The number of rotatable bonds is 3. The van der Waals surface area contributed by atoms with Crippen molar-refractivity contribution < 1.29 is 18.9 Å². The SMILES string of the molecule is Cc1ccc(/C=C2\N=C(c3ccc([N+](=O)[O-])cc3Cl)OC2=O)o1. The van der Waals surface area contributed by atoms with Crippen LogP contribution in [0.4, 0.5) is 5.69 Å². The number of furan rings is 1. The summed E-state index contributed by atoms with van der Waals surface area (Å²) in [4.78, 5) is 26.1. The first-order valence-corrected chi connectivity index (χ1v) is 6.85. The topological polar surface area (TPSA) is 94.9 Å². The zero-order valence-corrected chi connectivity index (χ0v) is 12.5. The van der Waals surface area contributed by atoms with Crippen LogP contribution >= 0.6 is 11.6 Å². The van der Waals surface area contributed by atoms with E-state index in [9.17, 15) is 14.9 Å². The standard InChI is InChI=1S/C15H9ClN2O5/c1-8-2-4-10(22-8)7-13-15(19)23-14(17-13)11-5-3-9(18(20)21)6-12(11)16/h2-7H,1H3/b13-7-. The molecule has 7 nitrogen and oxygen atoms in total. The quantitative estimate of drug-likeness (QED) is 0.371. The molecule has 8 heteroatoms. The Morgan fingerprint density at radius 3 is 2.70 bits per heavy atom. The van der Waals surface area contributed by atoms with Gasteiger partial charge in [-0.05, 0) is 25.1 Å². The van der Waals surface area contributed by atoms with E-state index in [1.54, 1.807) is 19.1 Å². The van der Waals surface area contributed by atoms with Crippen molar-refractivity contribution in [1.29, 1.82) is 0 Å². The third-order valence-corrected chi connectivity index (χ3v) is 3.37. The van der Waals surface area contributed by atoms with Gasteiger partial charge >= 0.3 is 5.97 Å². The van der Waals surface area contributed by atoms with E-state index in [4.69, 9.17) is 20.8 Å². The Kier molecular flexibility index (Phi) is 3.71. The Morgan fingerprint density at radius 2 is 2.09 bits per heavy atom. The highest BCUT2D eigenvalue weighted by molar-refractivity contribution is 6.34. The van der Waals surface area contributed by atoms with Crippen LogP contribution in [0.3, 0.4) is 0 Å². The largest absolute Gasteiger partial charge is 0.462 e. The fraction of sp³-hybridized carbons (Fsp3) is 0.0667. The molecule has 1 aromatic carbocycles. The average Bonchev–Trinajstić information content (AvgIpc) is 3.06. The Morgan fingerprint density at radius 1 is 1.30 bits per heavy atom. The number of non-ortho nitro benzene ring substituents is 1. The van der Waals surface area contributed by atoms with E-state index in [0.717, 1.165) is 0 Å². The van der Waals surface area contributed by atoms with Gasteiger partial charge in [-0.15, -0.1) is 0 Å². The van der Waals surface area contributed by atoms with Gasteiger partial charge in [0.05, 0.1) is 15.5 Å². The number of nitrogens with zero attached hydrogens (tertiary/aromatic N) is 2. The summed E-state index contributed by atoms with van der Waals surface area (Å²) in [6, 6.07) is 7.26. The second-order valence-corrected chi connectivity index (χ2v) is 5.11. The summed E-state index contributed by atoms with van der Waals surface area (Å²) < 4.78 is 10.4. The number of aryl methyl sites for hydroxylation is 1. The number of aliphatic imine (C=N–C) groups is 1. The van der Waals surface area contributed by atoms with Gasteiger partial charge in [-0.1, -0.05) is 11.6 Å². The Hall–Kier alpha value is -2.93. The summed E-state index contributed by atoms with van der Waals surface area (Å²) in [5.74, 6) is 0.507. The molecule has 0 saturated heterocycles. The third kappa shape index (κ3) is 3.00. The monoisotopic (exact) mass is 332 g/mol. The number of benzene rings is 1. The highest BCUT2D eigenvalue weighted by Gasteiger charge is 2.26. The molecule has 0 fully saturated rings. The molecule has 2 aromatic rings. The van der Waals surface area contributed by atoms with Crippen LogP contribution in [0.1, 0.15) is 17.1 Å². The number of ether oxygens (including phenoxy) is 1. The van der Waals surface area contributed by atoms with Gasteiger partial charge < -0.3 is 9.15 Å². The number of halogens is 1. The molecule has 1 aliphatic heterocycles. The molecule has 0 radical (unpaired) electrons. The van der Waals surface area contributed by atoms with Crippen LogP contribution in [0, 0.1) is 17.0 Å². The molecule has 0 aliphatic carbocycles. The summed E-state index contributed by atoms with van der Waals surface area (Å²) in [5.41, 5.74) is 0.193. The second-order valence-electron chi connectivity index (χ2n) is 4.71. The number of nitro groups is 1. The minimum Gasteiger partial charge on any atom is -0.462 e. The van der Waals surface area contributed by atoms with Gasteiger partial charge in [0, 0.05) is 18.2 Å². The lowest BCUT2D eigenvalue weighted by molar-refractivity contribution is -0.384. The van der Waals surface area contributed by atoms with Gasteiger partial charge in [0.1, 0.15) is 11.5 Å². The number of cyclic esters (lactones) is 1. The van der Waals surface area contributed by atoms with Crippen LogP contribution in [0.2, 0.25) is 5.02 Å². The van der Waals surface area contributed by atoms with Gasteiger partial charge in [-0.3, -0.25) is 10.1 Å². The Labute approximate surface area is 135 Å². The van der Waals surface area contributed by atoms with Crippen LogP contribution in [-0.4, -0.2) is 16.8 Å². The van der Waals surface area contributed by atoms with Crippen molar-refractivity contribution in [2.75, 3.05) is 0 Å². The normalized spacial score (nSPS) is 15.7. The molecule has 0 amide bonds. The fourth-order valence-corrected chi connectivity index (χ4v) is 2.24. The van der Waals surface area contributed by atoms with E-state index in [2.05, 4.69) is 4.99 Å². The van der Waals surface area contributed by atoms with Gasteiger partial charge in [-0.25, -0.2) is 9.79 Å². The lowest BCUT2D eigenvalue weighted by Crippen LogP contribution is -2.06. The smallest absolute Gasteiger partial charge is 0.363 e. The molecule has 0 unspecified atom stereocenters. The molecule has 0 atom stereocenters. The molecule has 0 saturated carbocycles. The molecule has 1 aliphatic rings. The lowest BCUT2D eigenvalue weighted by Gasteiger charge is -2.02. The zero-order valence-electron chi connectivity index (χ0n) is 11.8. The first-order chi connectivity index (χ1) is 10.9. The van der Waals surface area contributed by atoms with E-state index >= 15 is 0 Å². The fourth-order valence-electron chi connectivity index (χ4n) is 1.98. The number of nitro benzene ring substituents is 1. The molecule has 0 spiro atoms. The molecular weight excluding hydrogens is 324 g/mol. The third-order valence-electron chi connectivity index (χ3n) is 3.05. The summed E-state index contributed by atoms with van der Waals surface area (Å²) in [7, 11) is 0. The first kappa shape index (κ1) is 15.0. The van der Waals surface area contributed by atoms with Crippen molar-refractivity contribution in [3.8, 4) is 0 Å². The molecule has 1 aromatic heterocycles. The Bertz CT molecular complexity index is 882. The maximum Gasteiger partial charge on any atom is 0.363 e. The summed E-state index contributed by atoms with van der Waals surface area (Å²) in [6.07, 6.45) is 1.45. The summed E-state index contributed by atoms with van der Waals surface area (Å²) >= 11 is 6.00. The van der Waals surface area contributed by atoms with E-state index in [1.807, 2.05) is 0 Å². The van der Waals surface area contributed by atoms with E-state index < -0.39 is 10.9 Å². The van der Waals surface area contributed by atoms with Crippen molar-refractivity contribution in [1.82, 2.24) is 0 Å². The minimum absolute atomic E-state index is 0.00979.